The van der Waals surface area contributed by atoms with E-state index < -0.39 is 0 Å². The van der Waals surface area contributed by atoms with Gasteiger partial charge in [-0.1, -0.05) is 30.3 Å². The summed E-state index contributed by atoms with van der Waals surface area (Å²) in [4.78, 5) is 12.3. The van der Waals surface area contributed by atoms with Gasteiger partial charge in [0.2, 0.25) is 0 Å². The van der Waals surface area contributed by atoms with Crippen molar-refractivity contribution < 1.29 is 19.0 Å². The molecule has 7 heteroatoms. The van der Waals surface area contributed by atoms with E-state index in [1.54, 1.807) is 12.1 Å². The molecule has 0 aliphatic carbocycles. The number of nitriles is 1. The minimum absolute atomic E-state index is 0.267. The van der Waals surface area contributed by atoms with E-state index in [0.29, 0.717) is 25.5 Å². The lowest BCUT2D eigenvalue weighted by atomic mass is 10.0. The highest BCUT2D eigenvalue weighted by Gasteiger charge is 2.48. The van der Waals surface area contributed by atoms with Crippen molar-refractivity contribution in [3.63, 3.8) is 0 Å². The van der Waals surface area contributed by atoms with Gasteiger partial charge in [0.15, 0.2) is 0 Å². The molecular formula is C21H21N3O4. The highest BCUT2D eigenvalue weighted by atomic mass is 16.6. The summed E-state index contributed by atoms with van der Waals surface area (Å²) in [5.74, 6) is 0.451. The van der Waals surface area contributed by atoms with E-state index in [2.05, 4.69) is 16.7 Å². The highest BCUT2D eigenvalue weighted by molar-refractivity contribution is 5.89. The number of fused-ring (bicyclic) bond motifs is 1. The maximum atomic E-state index is 12.3. The summed E-state index contributed by atoms with van der Waals surface area (Å²) in [6.07, 6.45) is -0.541. The molecule has 4 atom stereocenters. The molecular weight excluding hydrogens is 358 g/mol. The average molecular weight is 379 g/mol. The number of carbonyl (C=O) groups is 1. The van der Waals surface area contributed by atoms with Gasteiger partial charge >= 0.3 is 6.03 Å². The van der Waals surface area contributed by atoms with Crippen LogP contribution in [-0.4, -0.2) is 37.5 Å². The summed E-state index contributed by atoms with van der Waals surface area (Å²) < 4.78 is 17.0. The Labute approximate surface area is 163 Å². The zero-order chi connectivity index (χ0) is 19.3. The second-order valence-electron chi connectivity index (χ2n) is 6.84. The Morgan fingerprint density at radius 3 is 2.57 bits per heavy atom. The Morgan fingerprint density at radius 2 is 1.82 bits per heavy atom. The zero-order valence-corrected chi connectivity index (χ0v) is 15.2. The first-order valence-electron chi connectivity index (χ1n) is 9.20. The molecule has 2 aromatic rings. The van der Waals surface area contributed by atoms with Crippen LogP contribution in [0.5, 0.6) is 5.75 Å². The van der Waals surface area contributed by atoms with E-state index in [1.807, 2.05) is 42.5 Å². The quantitative estimate of drug-likeness (QED) is 0.833. The molecule has 0 radical (unpaired) electrons. The predicted octanol–water partition coefficient (Wildman–Crippen LogP) is 2.69. The molecule has 0 spiro atoms. The van der Waals surface area contributed by atoms with Gasteiger partial charge in [0.1, 0.15) is 24.6 Å². The molecule has 144 valence electrons. The molecule has 0 bridgehead atoms. The molecule has 2 saturated heterocycles. The third kappa shape index (κ3) is 4.09. The van der Waals surface area contributed by atoms with Crippen LogP contribution in [0.3, 0.4) is 0 Å². The first kappa shape index (κ1) is 18.3. The van der Waals surface area contributed by atoms with Crippen LogP contribution in [0.4, 0.5) is 10.5 Å². The number of anilines is 1. The van der Waals surface area contributed by atoms with Crippen LogP contribution in [-0.2, 0) is 16.1 Å². The molecule has 0 saturated carbocycles. The lowest BCUT2D eigenvalue weighted by Crippen LogP contribution is -2.45. The number of urea groups is 1. The lowest BCUT2D eigenvalue weighted by Gasteiger charge is -2.18. The van der Waals surface area contributed by atoms with Gasteiger partial charge in [-0.05, 0) is 29.8 Å². The molecule has 2 unspecified atom stereocenters. The van der Waals surface area contributed by atoms with E-state index in [9.17, 15) is 4.79 Å². The summed E-state index contributed by atoms with van der Waals surface area (Å²) in [5.41, 5.74) is 1.75. The largest absolute Gasteiger partial charge is 0.489 e. The van der Waals surface area contributed by atoms with E-state index in [-0.39, 0.29) is 30.2 Å². The van der Waals surface area contributed by atoms with E-state index in [4.69, 9.17) is 19.5 Å². The Balaban J connectivity index is 1.26. The van der Waals surface area contributed by atoms with E-state index in [0.717, 1.165) is 11.3 Å². The van der Waals surface area contributed by atoms with Crippen molar-refractivity contribution in [3.8, 4) is 11.8 Å². The SMILES string of the molecule is N#C[C@H]1COC2C(NC(=O)Nc3ccc(OCc4ccccc4)cc3)CO[C@@H]21. The van der Waals surface area contributed by atoms with Crippen molar-refractivity contribution in [2.75, 3.05) is 18.5 Å². The topological polar surface area (TPSA) is 92.6 Å². The van der Waals surface area contributed by atoms with Crippen LogP contribution in [0.25, 0.3) is 0 Å². The average Bonchev–Trinajstić information content (AvgIpc) is 3.31. The van der Waals surface area contributed by atoms with Crippen molar-refractivity contribution >= 4 is 11.7 Å². The molecule has 2 aromatic carbocycles. The molecule has 2 heterocycles. The molecule has 2 amide bonds. The van der Waals surface area contributed by atoms with E-state index >= 15 is 0 Å². The summed E-state index contributed by atoms with van der Waals surface area (Å²) in [7, 11) is 0. The Hall–Kier alpha value is -3.08. The summed E-state index contributed by atoms with van der Waals surface area (Å²) in [6, 6.07) is 18.7. The van der Waals surface area contributed by atoms with Crippen LogP contribution in [0.15, 0.2) is 54.6 Å². The summed E-state index contributed by atoms with van der Waals surface area (Å²) in [6.45, 7) is 1.17. The third-order valence-corrected chi connectivity index (χ3v) is 4.90. The monoisotopic (exact) mass is 379 g/mol. The number of ether oxygens (including phenoxy) is 3. The number of hydrogen-bond acceptors (Lipinski definition) is 5. The number of benzene rings is 2. The van der Waals surface area contributed by atoms with Crippen molar-refractivity contribution in [3.05, 3.63) is 60.2 Å². The van der Waals surface area contributed by atoms with Crippen molar-refractivity contribution in [2.45, 2.75) is 24.9 Å². The number of amides is 2. The van der Waals surface area contributed by atoms with Gasteiger partial charge in [0, 0.05) is 5.69 Å². The number of hydrogen-bond donors (Lipinski definition) is 2. The maximum absolute atomic E-state index is 12.3. The smallest absolute Gasteiger partial charge is 0.319 e. The number of nitrogens with one attached hydrogen (secondary N) is 2. The fourth-order valence-electron chi connectivity index (χ4n) is 3.44. The lowest BCUT2D eigenvalue weighted by molar-refractivity contribution is 0.0665. The molecule has 2 aliphatic rings. The molecule has 7 nitrogen and oxygen atoms in total. The minimum atomic E-state index is -0.337. The molecule has 2 aliphatic heterocycles. The second kappa shape index (κ2) is 8.30. The van der Waals surface area contributed by atoms with Gasteiger partial charge in [0.05, 0.1) is 31.2 Å². The Bertz CT molecular complexity index is 850. The standard InChI is InChI=1S/C21H21N3O4/c22-10-15-12-27-20-18(13-28-19(15)20)24-21(25)23-16-6-8-17(9-7-16)26-11-14-4-2-1-3-5-14/h1-9,15,18-20H,11-13H2,(H2,23,24,25)/t15-,18?,19+,20?/m0/s1. The third-order valence-electron chi connectivity index (χ3n) is 4.90. The summed E-state index contributed by atoms with van der Waals surface area (Å²) in [5, 5.41) is 14.7. The fourth-order valence-corrected chi connectivity index (χ4v) is 3.44. The van der Waals surface area contributed by atoms with Gasteiger partial charge in [-0.3, -0.25) is 0 Å². The van der Waals surface area contributed by atoms with Crippen LogP contribution in [0, 0.1) is 17.2 Å². The number of carbonyl (C=O) groups excluding carboxylic acids is 1. The fraction of sp³-hybridized carbons (Fsp3) is 0.333. The molecule has 0 aromatic heterocycles. The van der Waals surface area contributed by atoms with Crippen molar-refractivity contribution in [1.29, 1.82) is 5.26 Å². The molecule has 2 fully saturated rings. The van der Waals surface area contributed by atoms with Gasteiger partial charge < -0.3 is 24.8 Å². The van der Waals surface area contributed by atoms with Crippen LogP contribution in [0.1, 0.15) is 5.56 Å². The van der Waals surface area contributed by atoms with Crippen molar-refractivity contribution in [1.82, 2.24) is 5.32 Å². The minimum Gasteiger partial charge on any atom is -0.489 e. The predicted molar refractivity (Wildman–Crippen MR) is 102 cm³/mol. The normalized spacial score (nSPS) is 25.5. The van der Waals surface area contributed by atoms with E-state index in [1.165, 1.54) is 0 Å². The highest BCUT2D eigenvalue weighted by Crippen LogP contribution is 2.30. The first-order chi connectivity index (χ1) is 13.7. The Kier molecular flexibility index (Phi) is 5.42. The van der Waals surface area contributed by atoms with Gasteiger partial charge in [0.25, 0.3) is 0 Å². The van der Waals surface area contributed by atoms with Gasteiger partial charge in [-0.25, -0.2) is 4.79 Å². The van der Waals surface area contributed by atoms with Crippen LogP contribution >= 0.6 is 0 Å². The molecule has 2 N–H and O–H groups in total. The van der Waals surface area contributed by atoms with Crippen LogP contribution < -0.4 is 15.4 Å². The molecule has 4 rings (SSSR count). The van der Waals surface area contributed by atoms with Crippen LogP contribution in [0.2, 0.25) is 0 Å². The molecule has 28 heavy (non-hydrogen) atoms. The Morgan fingerprint density at radius 1 is 1.07 bits per heavy atom. The number of rotatable bonds is 5. The van der Waals surface area contributed by atoms with Gasteiger partial charge in [-0.15, -0.1) is 0 Å². The zero-order valence-electron chi connectivity index (χ0n) is 15.2. The number of nitrogens with zero attached hydrogens (tertiary/aromatic N) is 1. The second-order valence-corrected chi connectivity index (χ2v) is 6.84. The van der Waals surface area contributed by atoms with Crippen molar-refractivity contribution in [2.24, 2.45) is 5.92 Å². The van der Waals surface area contributed by atoms with Gasteiger partial charge in [-0.2, -0.15) is 5.26 Å². The summed E-state index contributed by atoms with van der Waals surface area (Å²) >= 11 is 0. The first-order valence-corrected chi connectivity index (χ1v) is 9.20. The maximum Gasteiger partial charge on any atom is 0.319 e.